The normalized spacial score (nSPS) is 10.4. The summed E-state index contributed by atoms with van der Waals surface area (Å²) in [5.74, 6) is 3.18. The second kappa shape index (κ2) is 16.7. The molecule has 0 aliphatic carbocycles. The number of allylic oxidation sites excluding steroid dienone is 2. The van der Waals surface area contributed by atoms with E-state index in [1.165, 1.54) is 12.8 Å². The molecule has 0 aromatic rings. The van der Waals surface area contributed by atoms with E-state index in [4.69, 9.17) is 0 Å². The van der Waals surface area contributed by atoms with Crippen molar-refractivity contribution in [3.8, 4) is 0 Å². The molecule has 0 nitrogen and oxygen atoms in total. The van der Waals surface area contributed by atoms with E-state index in [-0.39, 0.29) is 14.9 Å². The maximum atomic E-state index is 2.28. The minimum atomic E-state index is 0. The quantitative estimate of drug-likeness (QED) is 0.457. The van der Waals surface area contributed by atoms with E-state index in [9.17, 15) is 0 Å². The second-order valence-electron chi connectivity index (χ2n) is 6.24. The van der Waals surface area contributed by atoms with E-state index in [0.717, 1.165) is 11.8 Å². The third kappa shape index (κ3) is 36.0. The number of hydrogen-bond acceptors (Lipinski definition) is 0. The number of rotatable bonds is 5. The summed E-state index contributed by atoms with van der Waals surface area (Å²) in [7, 11) is 0. The Morgan fingerprint density at radius 2 is 0.778 bits per heavy atom. The predicted molar refractivity (Wildman–Crippen MR) is 91.2 cm³/mol. The maximum absolute atomic E-state index is 2.28. The Labute approximate surface area is 119 Å². The van der Waals surface area contributed by atoms with Crippen molar-refractivity contribution in [1.29, 1.82) is 0 Å². The van der Waals surface area contributed by atoms with Crippen LogP contribution in [0.4, 0.5) is 0 Å². The average molecular weight is 259 g/mol. The number of hydrogen-bond donors (Lipinski definition) is 0. The predicted octanol–water partition coefficient (Wildman–Crippen LogP) is 7.21. The van der Waals surface area contributed by atoms with Gasteiger partial charge in [0, 0.05) is 0 Å². The van der Waals surface area contributed by atoms with Gasteiger partial charge in [-0.1, -0.05) is 95.2 Å². The Balaban J connectivity index is -0.0000000980. The first-order valence-corrected chi connectivity index (χ1v) is 6.94. The van der Waals surface area contributed by atoms with Gasteiger partial charge in [-0.3, -0.25) is 0 Å². The first-order chi connectivity index (χ1) is 7.25. The van der Waals surface area contributed by atoms with Gasteiger partial charge in [-0.15, -0.1) is 0 Å². The molecule has 0 saturated carbocycles. The second-order valence-corrected chi connectivity index (χ2v) is 6.24. The monoisotopic (exact) mass is 258 g/mol. The van der Waals surface area contributed by atoms with Crippen molar-refractivity contribution in [3.63, 3.8) is 0 Å². The largest absolute Gasteiger partial charge is 0.0857 e. The van der Waals surface area contributed by atoms with Crippen molar-refractivity contribution >= 4 is 0 Å². The van der Waals surface area contributed by atoms with E-state index in [0.29, 0.717) is 11.8 Å². The molecule has 0 fully saturated rings. The summed E-state index contributed by atoms with van der Waals surface area (Å²) in [5, 5.41) is 0. The van der Waals surface area contributed by atoms with Gasteiger partial charge in [-0.05, 0) is 23.7 Å². The summed E-state index contributed by atoms with van der Waals surface area (Å²) in [6.45, 7) is 17.9. The van der Waals surface area contributed by atoms with Crippen LogP contribution in [-0.4, -0.2) is 0 Å². The van der Waals surface area contributed by atoms with Crippen molar-refractivity contribution in [1.82, 2.24) is 0 Å². The third-order valence-electron chi connectivity index (χ3n) is 2.20. The molecule has 0 radical (unpaired) electrons. The van der Waals surface area contributed by atoms with Crippen LogP contribution in [0.3, 0.4) is 0 Å². The molecule has 0 aliphatic rings. The zero-order valence-corrected chi connectivity index (χ0v) is 12.9. The van der Waals surface area contributed by atoms with Crippen LogP contribution in [0.2, 0.25) is 0 Å². The van der Waals surface area contributed by atoms with Crippen LogP contribution in [0.5, 0.6) is 0 Å². The molecule has 0 heteroatoms. The fourth-order valence-corrected chi connectivity index (χ4v) is 1.11. The Bertz CT molecular complexity index is 131. The first kappa shape index (κ1) is 26.3. The average Bonchev–Trinajstić information content (AvgIpc) is 2.12. The molecule has 114 valence electrons. The fourth-order valence-electron chi connectivity index (χ4n) is 1.11. The molecule has 0 aliphatic heterocycles. The maximum Gasteiger partial charge on any atom is -0.0290 e. The highest BCUT2D eigenvalue weighted by atomic mass is 14.0. The summed E-state index contributed by atoms with van der Waals surface area (Å²) in [4.78, 5) is 0. The lowest BCUT2D eigenvalue weighted by molar-refractivity contribution is 0.476. The highest BCUT2D eigenvalue weighted by Gasteiger charge is 1.95. The van der Waals surface area contributed by atoms with Crippen LogP contribution >= 0.6 is 0 Å². The van der Waals surface area contributed by atoms with Gasteiger partial charge in [0.1, 0.15) is 0 Å². The smallest absolute Gasteiger partial charge is 0.0290 e. The molecule has 0 aromatic heterocycles. The molecule has 0 heterocycles. The lowest BCUT2D eigenvalue weighted by atomic mass is 10.0. The molecule has 0 atom stereocenters. The van der Waals surface area contributed by atoms with Crippen LogP contribution in [-0.2, 0) is 0 Å². The molecule has 0 spiro atoms. The van der Waals surface area contributed by atoms with Gasteiger partial charge in [0.2, 0.25) is 0 Å². The molecule has 0 unspecified atom stereocenters. The summed E-state index contributed by atoms with van der Waals surface area (Å²) >= 11 is 0. The van der Waals surface area contributed by atoms with Gasteiger partial charge in [0.05, 0.1) is 0 Å². The van der Waals surface area contributed by atoms with Gasteiger partial charge >= 0.3 is 0 Å². The van der Waals surface area contributed by atoms with Gasteiger partial charge in [-0.2, -0.15) is 0 Å². The summed E-state index contributed by atoms with van der Waals surface area (Å²) in [5.41, 5.74) is 0. The minimum absolute atomic E-state index is 0. The minimum Gasteiger partial charge on any atom is -0.0857 e. The molecule has 0 N–H and O–H groups in total. The Hall–Kier alpha value is -0.260. The van der Waals surface area contributed by atoms with E-state index in [2.05, 4.69) is 67.5 Å². The van der Waals surface area contributed by atoms with Gasteiger partial charge in [0.15, 0.2) is 0 Å². The van der Waals surface area contributed by atoms with Gasteiger partial charge in [0.25, 0.3) is 0 Å². The van der Waals surface area contributed by atoms with E-state index >= 15 is 0 Å². The van der Waals surface area contributed by atoms with Crippen LogP contribution < -0.4 is 0 Å². The molecule has 18 heavy (non-hydrogen) atoms. The first-order valence-electron chi connectivity index (χ1n) is 6.94. The molecule has 0 aromatic carbocycles. The van der Waals surface area contributed by atoms with Crippen molar-refractivity contribution in [2.75, 3.05) is 0 Å². The van der Waals surface area contributed by atoms with E-state index < -0.39 is 0 Å². The van der Waals surface area contributed by atoms with Crippen LogP contribution in [0, 0.1) is 23.7 Å². The van der Waals surface area contributed by atoms with Crippen molar-refractivity contribution in [2.45, 2.75) is 83.1 Å². The van der Waals surface area contributed by atoms with Gasteiger partial charge in [-0.25, -0.2) is 0 Å². The molecule has 0 saturated heterocycles. The Kier molecular flexibility index (Phi) is 24.5. The molecular formula is C18H42. The van der Waals surface area contributed by atoms with Crippen molar-refractivity contribution in [2.24, 2.45) is 23.7 Å². The molecular weight excluding hydrogens is 216 g/mol. The zero-order chi connectivity index (χ0) is 13.1. The molecule has 0 bridgehead atoms. The summed E-state index contributed by atoms with van der Waals surface area (Å²) < 4.78 is 0. The van der Waals surface area contributed by atoms with Crippen LogP contribution in [0.15, 0.2) is 12.2 Å². The highest BCUT2D eigenvalue weighted by molar-refractivity contribution is 4.86. The standard InChI is InChI=1S/C8H18.C8H16.2CH4/c2*1-7(2)5-6-8(3)4;;/h7-8H,5-6H2,1-4H3;5-8H,1-4H3;2*1H4/b;6-5+;;. The highest BCUT2D eigenvalue weighted by Crippen LogP contribution is 2.09. The lowest BCUT2D eigenvalue weighted by Gasteiger charge is -2.05. The van der Waals surface area contributed by atoms with E-state index in [1.807, 2.05) is 0 Å². The molecule has 0 rings (SSSR count). The SMILES string of the molecule is C.C.CC(C)/C=C/C(C)C.CC(C)CCC(C)C. The molecule has 0 amide bonds. The van der Waals surface area contributed by atoms with Crippen LogP contribution in [0.1, 0.15) is 83.1 Å². The Morgan fingerprint density at radius 3 is 0.889 bits per heavy atom. The lowest BCUT2D eigenvalue weighted by Crippen LogP contribution is -1.91. The fraction of sp³-hybridized carbons (Fsp3) is 0.889. The summed E-state index contributed by atoms with van der Waals surface area (Å²) in [6, 6.07) is 0. The Morgan fingerprint density at radius 1 is 0.556 bits per heavy atom. The summed E-state index contributed by atoms with van der Waals surface area (Å²) in [6.07, 6.45) is 7.25. The topological polar surface area (TPSA) is 0 Å². The zero-order valence-electron chi connectivity index (χ0n) is 12.9. The van der Waals surface area contributed by atoms with Gasteiger partial charge < -0.3 is 0 Å². The third-order valence-corrected chi connectivity index (χ3v) is 2.20. The van der Waals surface area contributed by atoms with E-state index in [1.54, 1.807) is 0 Å². The van der Waals surface area contributed by atoms with Crippen molar-refractivity contribution < 1.29 is 0 Å². The van der Waals surface area contributed by atoms with Crippen molar-refractivity contribution in [3.05, 3.63) is 12.2 Å². The van der Waals surface area contributed by atoms with Crippen LogP contribution in [0.25, 0.3) is 0 Å².